The van der Waals surface area contributed by atoms with Crippen LogP contribution in [0.25, 0.3) is 26.4 Å². The van der Waals surface area contributed by atoms with Crippen molar-refractivity contribution in [2.45, 2.75) is 31.7 Å². The molecule has 1 N–H and O–H groups in total. The first-order valence-corrected chi connectivity index (χ1v) is 9.92. The zero-order chi connectivity index (χ0) is 16.8. The summed E-state index contributed by atoms with van der Waals surface area (Å²) in [4.78, 5) is 5.97. The van der Waals surface area contributed by atoms with Crippen LogP contribution in [0.5, 0.6) is 0 Å². The van der Waals surface area contributed by atoms with Gasteiger partial charge in [0.1, 0.15) is 11.5 Å². The van der Waals surface area contributed by atoms with E-state index in [2.05, 4.69) is 40.0 Å². The third kappa shape index (κ3) is 2.52. The van der Waals surface area contributed by atoms with E-state index in [1.165, 1.54) is 35.9 Å². The van der Waals surface area contributed by atoms with Gasteiger partial charge in [-0.3, -0.25) is 4.40 Å². The number of hydrogen-bond acceptors (Lipinski definition) is 3. The molecule has 126 valence electrons. The summed E-state index contributed by atoms with van der Waals surface area (Å²) in [6.07, 6.45) is 5.03. The first kappa shape index (κ1) is 15.2. The Morgan fingerprint density at radius 1 is 1.04 bits per heavy atom. The lowest BCUT2D eigenvalue weighted by molar-refractivity contribution is 0.750. The van der Waals surface area contributed by atoms with E-state index in [1.54, 1.807) is 11.3 Å². The maximum atomic E-state index is 6.49. The number of nitrogens with zero attached hydrogens (tertiary/aromatic N) is 2. The van der Waals surface area contributed by atoms with E-state index >= 15 is 0 Å². The molecule has 1 saturated carbocycles. The lowest BCUT2D eigenvalue weighted by atomic mass is 10.1. The number of anilines is 1. The Bertz CT molecular complexity index is 1060. The molecule has 0 spiro atoms. The smallest absolute Gasteiger partial charge is 0.197 e. The molecule has 0 amide bonds. The van der Waals surface area contributed by atoms with Crippen LogP contribution < -0.4 is 5.32 Å². The van der Waals surface area contributed by atoms with E-state index in [4.69, 9.17) is 16.6 Å². The van der Waals surface area contributed by atoms with Gasteiger partial charge in [-0.25, -0.2) is 4.98 Å². The molecule has 2 aromatic carbocycles. The molecule has 5 rings (SSSR count). The van der Waals surface area contributed by atoms with Crippen LogP contribution in [0.3, 0.4) is 0 Å². The molecule has 0 radical (unpaired) electrons. The van der Waals surface area contributed by atoms with Crippen LogP contribution in [0, 0.1) is 0 Å². The fourth-order valence-corrected chi connectivity index (χ4v) is 5.01. The number of imidazole rings is 1. The predicted molar refractivity (Wildman–Crippen MR) is 107 cm³/mol. The topological polar surface area (TPSA) is 29.3 Å². The van der Waals surface area contributed by atoms with Gasteiger partial charge < -0.3 is 5.32 Å². The number of halogens is 1. The van der Waals surface area contributed by atoms with Gasteiger partial charge in [0.25, 0.3) is 0 Å². The van der Waals surface area contributed by atoms with Crippen molar-refractivity contribution >= 4 is 43.9 Å². The average molecular weight is 368 g/mol. The molecule has 25 heavy (non-hydrogen) atoms. The molecule has 0 unspecified atom stereocenters. The van der Waals surface area contributed by atoms with Gasteiger partial charge in [0, 0.05) is 11.6 Å². The highest BCUT2D eigenvalue weighted by molar-refractivity contribution is 7.23. The van der Waals surface area contributed by atoms with Crippen molar-refractivity contribution in [3.05, 3.63) is 53.6 Å². The molecule has 0 saturated heterocycles. The number of fused-ring (bicyclic) bond motifs is 3. The molecule has 0 bridgehead atoms. The minimum absolute atomic E-state index is 0.514. The monoisotopic (exact) mass is 367 g/mol. The van der Waals surface area contributed by atoms with Crippen LogP contribution in [-0.2, 0) is 0 Å². The Labute approximate surface area is 155 Å². The highest BCUT2D eigenvalue weighted by Crippen LogP contribution is 2.39. The Morgan fingerprint density at radius 3 is 2.64 bits per heavy atom. The number of para-hydroxylation sites is 1. The van der Waals surface area contributed by atoms with Gasteiger partial charge in [0.05, 0.1) is 15.2 Å². The van der Waals surface area contributed by atoms with Crippen molar-refractivity contribution in [1.29, 1.82) is 0 Å². The van der Waals surface area contributed by atoms with Crippen molar-refractivity contribution in [2.75, 3.05) is 5.32 Å². The van der Waals surface area contributed by atoms with Crippen molar-refractivity contribution in [3.63, 3.8) is 0 Å². The predicted octanol–water partition coefficient (Wildman–Crippen LogP) is 6.22. The summed E-state index contributed by atoms with van der Waals surface area (Å²) in [5.41, 5.74) is 3.15. The normalized spacial score (nSPS) is 15.4. The fourth-order valence-electron chi connectivity index (χ4n) is 3.76. The van der Waals surface area contributed by atoms with E-state index in [1.807, 2.05) is 18.2 Å². The molecule has 5 heteroatoms. The van der Waals surface area contributed by atoms with Gasteiger partial charge in [-0.1, -0.05) is 66.1 Å². The van der Waals surface area contributed by atoms with E-state index in [0.717, 1.165) is 27.1 Å². The lowest BCUT2D eigenvalue weighted by Gasteiger charge is -2.15. The van der Waals surface area contributed by atoms with Gasteiger partial charge >= 0.3 is 0 Å². The molecule has 1 fully saturated rings. The number of hydrogen-bond donors (Lipinski definition) is 1. The highest BCUT2D eigenvalue weighted by atomic mass is 35.5. The molecule has 1 aliphatic carbocycles. The van der Waals surface area contributed by atoms with Crippen molar-refractivity contribution in [3.8, 4) is 11.3 Å². The Kier molecular flexibility index (Phi) is 3.68. The molecular weight excluding hydrogens is 350 g/mol. The number of thiazole rings is 1. The summed E-state index contributed by atoms with van der Waals surface area (Å²) in [5.74, 6) is 1.08. The zero-order valence-electron chi connectivity index (χ0n) is 13.7. The molecule has 1 aliphatic rings. The van der Waals surface area contributed by atoms with E-state index in [9.17, 15) is 0 Å². The Balaban J connectivity index is 1.77. The second-order valence-electron chi connectivity index (χ2n) is 6.60. The minimum Gasteiger partial charge on any atom is -0.367 e. The van der Waals surface area contributed by atoms with Crippen LogP contribution in [0.15, 0.2) is 48.5 Å². The van der Waals surface area contributed by atoms with E-state index in [0.29, 0.717) is 6.04 Å². The lowest BCUT2D eigenvalue weighted by Crippen LogP contribution is -2.16. The second kappa shape index (κ2) is 6.04. The van der Waals surface area contributed by atoms with Gasteiger partial charge in [0.2, 0.25) is 0 Å². The van der Waals surface area contributed by atoms with Gasteiger partial charge in [0.15, 0.2) is 4.96 Å². The summed E-state index contributed by atoms with van der Waals surface area (Å²) in [6.45, 7) is 0. The quantitative estimate of drug-likeness (QED) is 0.465. The van der Waals surface area contributed by atoms with Gasteiger partial charge in [-0.15, -0.1) is 0 Å². The number of aromatic nitrogens is 2. The molecule has 0 aliphatic heterocycles. The number of rotatable bonds is 3. The molecule has 0 atom stereocenters. The largest absolute Gasteiger partial charge is 0.367 e. The van der Waals surface area contributed by atoms with Crippen LogP contribution in [0.2, 0.25) is 5.02 Å². The SMILES string of the molecule is Clc1ccccc1-c1nc2sc3ccccc3n2c1NC1CCCC1. The van der Waals surface area contributed by atoms with Crippen molar-refractivity contribution < 1.29 is 0 Å². The first-order chi connectivity index (χ1) is 12.3. The van der Waals surface area contributed by atoms with Crippen LogP contribution in [-0.4, -0.2) is 15.4 Å². The van der Waals surface area contributed by atoms with Crippen LogP contribution in [0.1, 0.15) is 25.7 Å². The average Bonchev–Trinajstić information content (AvgIpc) is 3.32. The van der Waals surface area contributed by atoms with Crippen molar-refractivity contribution in [2.24, 2.45) is 0 Å². The minimum atomic E-state index is 0.514. The molecule has 2 aromatic heterocycles. The first-order valence-electron chi connectivity index (χ1n) is 8.73. The second-order valence-corrected chi connectivity index (χ2v) is 8.02. The number of nitrogens with one attached hydrogen (secondary N) is 1. The summed E-state index contributed by atoms with van der Waals surface area (Å²) in [7, 11) is 0. The maximum Gasteiger partial charge on any atom is 0.197 e. The molecule has 3 nitrogen and oxygen atoms in total. The van der Waals surface area contributed by atoms with Crippen molar-refractivity contribution in [1.82, 2.24) is 9.38 Å². The molecule has 2 heterocycles. The number of benzene rings is 2. The highest BCUT2D eigenvalue weighted by Gasteiger charge is 2.23. The van der Waals surface area contributed by atoms with Gasteiger partial charge in [-0.2, -0.15) is 0 Å². The maximum absolute atomic E-state index is 6.49. The Morgan fingerprint density at radius 2 is 1.80 bits per heavy atom. The van der Waals surface area contributed by atoms with Crippen LogP contribution in [0.4, 0.5) is 5.82 Å². The summed E-state index contributed by atoms with van der Waals surface area (Å²) >= 11 is 8.21. The zero-order valence-corrected chi connectivity index (χ0v) is 15.3. The fraction of sp³-hybridized carbons (Fsp3) is 0.250. The summed E-state index contributed by atoms with van der Waals surface area (Å²) in [5, 5.41) is 4.53. The molecule has 4 aromatic rings. The van der Waals surface area contributed by atoms with Crippen LogP contribution >= 0.6 is 22.9 Å². The van der Waals surface area contributed by atoms with E-state index < -0.39 is 0 Å². The Hall–Kier alpha value is -2.04. The third-order valence-corrected chi connectivity index (χ3v) is 6.33. The summed E-state index contributed by atoms with van der Waals surface area (Å²) in [6, 6.07) is 17.0. The van der Waals surface area contributed by atoms with E-state index in [-0.39, 0.29) is 0 Å². The van der Waals surface area contributed by atoms with Gasteiger partial charge in [-0.05, 0) is 31.0 Å². The molecular formula is C20H18ClN3S. The standard InChI is InChI=1S/C20H18ClN3S/c21-15-10-4-3-9-14(15)18-19(22-13-7-1-2-8-13)24-16-11-5-6-12-17(16)25-20(24)23-18/h3-6,9-13,22H,1-2,7-8H2. The summed E-state index contributed by atoms with van der Waals surface area (Å²) < 4.78 is 3.52. The third-order valence-electron chi connectivity index (χ3n) is 4.98.